The molecule has 0 bridgehead atoms. The number of ether oxygens (including phenoxy) is 2. The van der Waals surface area contributed by atoms with E-state index in [9.17, 15) is 25.2 Å². The lowest BCUT2D eigenvalue weighted by Gasteiger charge is -2.28. The smallest absolute Gasteiger partial charge is 0.253 e. The Kier molecular flexibility index (Phi) is 17.2. The van der Waals surface area contributed by atoms with Gasteiger partial charge in [0.15, 0.2) is 11.5 Å². The third kappa shape index (κ3) is 12.5. The van der Waals surface area contributed by atoms with E-state index in [-0.39, 0.29) is 6.54 Å². The topological polar surface area (TPSA) is 140 Å². The van der Waals surface area contributed by atoms with Crippen LogP contribution in [-0.2, 0) is 0 Å². The third-order valence-electron chi connectivity index (χ3n) is 6.33. The van der Waals surface area contributed by atoms with E-state index in [1.165, 1.54) is 44.1 Å². The van der Waals surface area contributed by atoms with E-state index >= 15 is 0 Å². The molecule has 214 valence electrons. The zero-order valence-corrected chi connectivity index (χ0v) is 22.8. The maximum absolute atomic E-state index is 13.0. The van der Waals surface area contributed by atoms with Crippen LogP contribution in [0.15, 0.2) is 18.2 Å². The summed E-state index contributed by atoms with van der Waals surface area (Å²) in [7, 11) is 1.46. The molecular weight excluding hydrogens is 478 g/mol. The molecule has 37 heavy (non-hydrogen) atoms. The first-order chi connectivity index (χ1) is 17.8. The van der Waals surface area contributed by atoms with Crippen molar-refractivity contribution in [2.24, 2.45) is 0 Å². The SMILES string of the molecule is CCCCCCCOc1ccc(C(=O)N(C)C[C@H](O)[C@@H](O)[C@H](O)[C@@H](O)CO)cc1OCCCCCCC. The predicted octanol–water partition coefficient (Wildman–Crippen LogP) is 2.89. The number of likely N-dealkylation sites (N-methyl/N-ethyl adjacent to an activating group) is 1. The first kappa shape index (κ1) is 33.1. The van der Waals surface area contributed by atoms with Crippen molar-refractivity contribution in [1.82, 2.24) is 4.90 Å². The lowest BCUT2D eigenvalue weighted by Crippen LogP contribution is -2.49. The maximum Gasteiger partial charge on any atom is 0.253 e. The fourth-order valence-electron chi connectivity index (χ4n) is 3.90. The van der Waals surface area contributed by atoms with Gasteiger partial charge >= 0.3 is 0 Å². The molecule has 0 heterocycles. The minimum Gasteiger partial charge on any atom is -0.490 e. The lowest BCUT2D eigenvalue weighted by molar-refractivity contribution is -0.117. The number of carbonyl (C=O) groups is 1. The molecular formula is C28H49NO8. The van der Waals surface area contributed by atoms with Crippen molar-refractivity contribution in [2.75, 3.05) is 33.4 Å². The summed E-state index contributed by atoms with van der Waals surface area (Å²) >= 11 is 0. The Morgan fingerprint density at radius 2 is 1.30 bits per heavy atom. The molecule has 4 atom stereocenters. The highest BCUT2D eigenvalue weighted by molar-refractivity contribution is 5.94. The zero-order chi connectivity index (χ0) is 27.6. The van der Waals surface area contributed by atoms with Crippen LogP contribution in [0.3, 0.4) is 0 Å². The van der Waals surface area contributed by atoms with Gasteiger partial charge in [-0.2, -0.15) is 0 Å². The fraction of sp³-hybridized carbons (Fsp3) is 0.750. The number of hydrogen-bond acceptors (Lipinski definition) is 8. The number of rotatable bonds is 21. The van der Waals surface area contributed by atoms with Crippen LogP contribution in [0.1, 0.15) is 88.4 Å². The van der Waals surface area contributed by atoms with Gasteiger partial charge in [-0.3, -0.25) is 4.79 Å². The molecule has 0 saturated heterocycles. The summed E-state index contributed by atoms with van der Waals surface area (Å²) < 4.78 is 12.0. The maximum atomic E-state index is 13.0. The summed E-state index contributed by atoms with van der Waals surface area (Å²) in [6, 6.07) is 4.98. The Bertz CT molecular complexity index is 747. The molecule has 1 rings (SSSR count). The van der Waals surface area contributed by atoms with Gasteiger partial charge in [0.05, 0.1) is 19.8 Å². The highest BCUT2D eigenvalue weighted by Gasteiger charge is 2.31. The van der Waals surface area contributed by atoms with Crippen LogP contribution in [0.2, 0.25) is 0 Å². The lowest BCUT2D eigenvalue weighted by atomic mass is 10.0. The van der Waals surface area contributed by atoms with E-state index < -0.39 is 36.9 Å². The molecule has 0 aliphatic rings. The molecule has 0 aliphatic carbocycles. The van der Waals surface area contributed by atoms with Crippen molar-refractivity contribution in [3.8, 4) is 11.5 Å². The molecule has 9 nitrogen and oxygen atoms in total. The van der Waals surface area contributed by atoms with Gasteiger partial charge in [-0.05, 0) is 31.0 Å². The summed E-state index contributed by atoms with van der Waals surface area (Å²) in [5.41, 5.74) is 0.330. The van der Waals surface area contributed by atoms with E-state index in [0.717, 1.165) is 32.1 Å². The predicted molar refractivity (Wildman–Crippen MR) is 143 cm³/mol. The molecule has 0 unspecified atom stereocenters. The van der Waals surface area contributed by atoms with Crippen molar-refractivity contribution < 1.29 is 39.8 Å². The van der Waals surface area contributed by atoms with Crippen LogP contribution in [0.25, 0.3) is 0 Å². The van der Waals surface area contributed by atoms with Crippen LogP contribution in [0, 0.1) is 0 Å². The van der Waals surface area contributed by atoms with Crippen molar-refractivity contribution in [3.63, 3.8) is 0 Å². The highest BCUT2D eigenvalue weighted by atomic mass is 16.5. The number of nitrogens with zero attached hydrogens (tertiary/aromatic N) is 1. The third-order valence-corrected chi connectivity index (χ3v) is 6.33. The minimum atomic E-state index is -1.75. The van der Waals surface area contributed by atoms with E-state index in [1.807, 2.05) is 0 Å². The zero-order valence-electron chi connectivity index (χ0n) is 22.8. The molecule has 0 saturated carbocycles. The van der Waals surface area contributed by atoms with Gasteiger partial charge in [0, 0.05) is 19.2 Å². The number of carbonyl (C=O) groups excluding carboxylic acids is 1. The standard InChI is InChI=1S/C28H49NO8/c1-4-6-8-10-12-16-36-24-15-14-21(18-25(24)37-17-13-11-9-7-5-2)28(35)29(3)19-22(31)26(33)27(34)23(32)20-30/h14-15,18,22-23,26-27,30-34H,4-13,16-17,19-20H2,1-3H3/t22-,23-,26+,27+/m0/s1. The quantitative estimate of drug-likeness (QED) is 0.154. The van der Waals surface area contributed by atoms with Crippen molar-refractivity contribution in [1.29, 1.82) is 0 Å². The molecule has 0 aliphatic heterocycles. The number of unbranched alkanes of at least 4 members (excludes halogenated alkanes) is 8. The Morgan fingerprint density at radius 1 is 0.784 bits per heavy atom. The van der Waals surface area contributed by atoms with Crippen molar-refractivity contribution in [3.05, 3.63) is 23.8 Å². The summed E-state index contributed by atoms with van der Waals surface area (Å²) in [5.74, 6) is 0.660. The largest absolute Gasteiger partial charge is 0.490 e. The second-order valence-electron chi connectivity index (χ2n) is 9.67. The number of hydrogen-bond donors (Lipinski definition) is 5. The fourth-order valence-corrected chi connectivity index (χ4v) is 3.90. The Balaban J connectivity index is 2.83. The molecule has 1 amide bonds. The molecule has 9 heteroatoms. The second kappa shape index (κ2) is 19.2. The van der Waals surface area contributed by atoms with Gasteiger partial charge in [0.25, 0.3) is 5.91 Å². The number of aliphatic hydroxyl groups excluding tert-OH is 5. The molecule has 1 aromatic rings. The average molecular weight is 528 g/mol. The summed E-state index contributed by atoms with van der Waals surface area (Å²) in [4.78, 5) is 14.2. The molecule has 0 spiro atoms. The number of aliphatic hydroxyl groups is 5. The van der Waals surface area contributed by atoms with Gasteiger partial charge < -0.3 is 39.9 Å². The van der Waals surface area contributed by atoms with Crippen LogP contribution in [0.4, 0.5) is 0 Å². The summed E-state index contributed by atoms with van der Waals surface area (Å²) in [6.07, 6.45) is 4.48. The van der Waals surface area contributed by atoms with E-state index in [4.69, 9.17) is 14.6 Å². The van der Waals surface area contributed by atoms with Crippen molar-refractivity contribution >= 4 is 5.91 Å². The molecule has 1 aromatic carbocycles. The molecule has 5 N–H and O–H groups in total. The first-order valence-corrected chi connectivity index (χ1v) is 13.7. The van der Waals surface area contributed by atoms with Gasteiger partial charge in [0.1, 0.15) is 24.4 Å². The van der Waals surface area contributed by atoms with E-state index in [2.05, 4.69) is 13.8 Å². The van der Waals surface area contributed by atoms with Crippen LogP contribution >= 0.6 is 0 Å². The van der Waals surface area contributed by atoms with Gasteiger partial charge in [-0.25, -0.2) is 0 Å². The van der Waals surface area contributed by atoms with Crippen LogP contribution < -0.4 is 9.47 Å². The highest BCUT2D eigenvalue weighted by Crippen LogP contribution is 2.30. The first-order valence-electron chi connectivity index (χ1n) is 13.7. The van der Waals surface area contributed by atoms with Crippen LogP contribution in [0.5, 0.6) is 11.5 Å². The van der Waals surface area contributed by atoms with Gasteiger partial charge in [-0.15, -0.1) is 0 Å². The average Bonchev–Trinajstić information content (AvgIpc) is 2.91. The van der Waals surface area contributed by atoms with E-state index in [1.54, 1.807) is 18.2 Å². The summed E-state index contributed by atoms with van der Waals surface area (Å²) in [6.45, 7) is 4.36. The Morgan fingerprint density at radius 3 is 1.84 bits per heavy atom. The van der Waals surface area contributed by atoms with Crippen LogP contribution in [-0.4, -0.2) is 94.2 Å². The van der Waals surface area contributed by atoms with Crippen molar-refractivity contribution in [2.45, 2.75) is 102 Å². The van der Waals surface area contributed by atoms with E-state index in [0.29, 0.717) is 30.3 Å². The normalized spacial score (nSPS) is 14.6. The van der Waals surface area contributed by atoms with Gasteiger partial charge in [-0.1, -0.05) is 65.2 Å². The monoisotopic (exact) mass is 527 g/mol. The number of amides is 1. The number of benzene rings is 1. The summed E-state index contributed by atoms with van der Waals surface area (Å²) in [5, 5.41) is 48.5. The second-order valence-corrected chi connectivity index (χ2v) is 9.67. The Hall–Kier alpha value is -1.91. The minimum absolute atomic E-state index is 0.293. The molecule has 0 radical (unpaired) electrons. The molecule has 0 fully saturated rings. The van der Waals surface area contributed by atoms with Gasteiger partial charge in [0.2, 0.25) is 0 Å². The molecule has 0 aromatic heterocycles. The Labute approximate surface area is 222 Å².